The highest BCUT2D eigenvalue weighted by molar-refractivity contribution is 7.99. The number of piperazine rings is 1. The van der Waals surface area contributed by atoms with E-state index >= 15 is 0 Å². The number of carbonyl (C=O) groups excluding carboxylic acids is 1. The predicted molar refractivity (Wildman–Crippen MR) is 128 cm³/mol. The highest BCUT2D eigenvalue weighted by atomic mass is 32.2. The number of aromatic nitrogens is 2. The molecule has 0 bridgehead atoms. The lowest BCUT2D eigenvalue weighted by molar-refractivity contribution is -0.113. The van der Waals surface area contributed by atoms with Crippen LogP contribution in [0.15, 0.2) is 59.9 Å². The van der Waals surface area contributed by atoms with Crippen LogP contribution in [-0.2, 0) is 4.79 Å². The minimum atomic E-state index is -0.194. The Labute approximate surface area is 191 Å². The maximum absolute atomic E-state index is 14.1. The minimum Gasteiger partial charge on any atom is -0.366 e. The Morgan fingerprint density at radius 2 is 1.78 bits per heavy atom. The maximum Gasteiger partial charge on any atom is 0.234 e. The molecule has 0 radical (unpaired) electrons. The van der Waals surface area contributed by atoms with E-state index in [4.69, 9.17) is 0 Å². The number of carbonyl (C=O) groups is 1. The fraction of sp³-hybridized carbons (Fsp3) is 0.292. The number of rotatable bonds is 6. The van der Waals surface area contributed by atoms with E-state index in [2.05, 4.69) is 25.1 Å². The van der Waals surface area contributed by atoms with E-state index in [1.165, 1.54) is 24.2 Å². The number of nitrogens with one attached hydrogen (secondary N) is 1. The molecule has 1 aromatic heterocycles. The van der Waals surface area contributed by atoms with Gasteiger partial charge in [-0.2, -0.15) is 0 Å². The first-order valence-electron chi connectivity index (χ1n) is 10.6. The summed E-state index contributed by atoms with van der Waals surface area (Å²) in [5.74, 6) is 0.832. The van der Waals surface area contributed by atoms with Crippen molar-refractivity contribution >= 4 is 34.9 Å². The van der Waals surface area contributed by atoms with Crippen molar-refractivity contribution in [1.29, 1.82) is 0 Å². The Balaban J connectivity index is 1.32. The summed E-state index contributed by atoms with van der Waals surface area (Å²) >= 11 is 1.39. The number of aryl methyl sites for hydroxylation is 2. The largest absolute Gasteiger partial charge is 0.366 e. The molecular weight excluding hydrogens is 425 g/mol. The summed E-state index contributed by atoms with van der Waals surface area (Å²) < 4.78 is 14.1. The van der Waals surface area contributed by atoms with Gasteiger partial charge in [-0.05, 0) is 43.2 Å². The van der Waals surface area contributed by atoms with Gasteiger partial charge < -0.3 is 15.1 Å². The van der Waals surface area contributed by atoms with E-state index in [0.717, 1.165) is 40.7 Å². The molecule has 32 heavy (non-hydrogen) atoms. The zero-order valence-corrected chi connectivity index (χ0v) is 19.0. The van der Waals surface area contributed by atoms with Crippen molar-refractivity contribution in [2.45, 2.75) is 18.9 Å². The number of benzene rings is 2. The number of anilines is 3. The second kappa shape index (κ2) is 9.99. The fourth-order valence-corrected chi connectivity index (χ4v) is 4.32. The Bertz CT molecular complexity index is 1100. The number of hydrogen-bond donors (Lipinski definition) is 1. The number of amides is 1. The Morgan fingerprint density at radius 1 is 1.03 bits per heavy atom. The molecular formula is C24H26FN5OS. The third-order valence-electron chi connectivity index (χ3n) is 5.44. The van der Waals surface area contributed by atoms with Crippen LogP contribution in [0.1, 0.15) is 11.1 Å². The van der Waals surface area contributed by atoms with Gasteiger partial charge in [-0.25, -0.2) is 14.4 Å². The number of nitrogens with zero attached hydrogens (tertiary/aromatic N) is 4. The summed E-state index contributed by atoms with van der Waals surface area (Å²) in [6.45, 7) is 6.88. The van der Waals surface area contributed by atoms with E-state index < -0.39 is 0 Å². The summed E-state index contributed by atoms with van der Waals surface area (Å²) in [4.78, 5) is 25.3. The van der Waals surface area contributed by atoms with Crippen molar-refractivity contribution in [3.8, 4) is 0 Å². The number of para-hydroxylation sites is 1. The van der Waals surface area contributed by atoms with E-state index in [-0.39, 0.29) is 17.5 Å². The third-order valence-corrected chi connectivity index (χ3v) is 6.37. The zero-order valence-electron chi connectivity index (χ0n) is 18.2. The maximum atomic E-state index is 14.1. The summed E-state index contributed by atoms with van der Waals surface area (Å²) in [6, 6.07) is 14.8. The third kappa shape index (κ3) is 5.37. The standard InChI is InChI=1S/C24H26FN5OS/c1-17-7-8-18(2)20(13-17)28-23(31)15-32-24-14-22(26-16-27-24)30-11-9-29(10-12-30)21-6-4-3-5-19(21)25/h3-8,13-14,16H,9-12,15H2,1-2H3,(H,28,31). The summed E-state index contributed by atoms with van der Waals surface area (Å²) in [7, 11) is 0. The summed E-state index contributed by atoms with van der Waals surface area (Å²) in [6.07, 6.45) is 1.53. The molecule has 3 aromatic rings. The van der Waals surface area contributed by atoms with Crippen LogP contribution in [0.5, 0.6) is 0 Å². The van der Waals surface area contributed by atoms with Crippen molar-refractivity contribution in [1.82, 2.24) is 9.97 Å². The molecule has 1 saturated heterocycles. The van der Waals surface area contributed by atoms with Crippen LogP contribution < -0.4 is 15.1 Å². The lowest BCUT2D eigenvalue weighted by Gasteiger charge is -2.36. The van der Waals surface area contributed by atoms with Gasteiger partial charge in [0.15, 0.2) is 0 Å². The Kier molecular flexibility index (Phi) is 6.90. The second-order valence-electron chi connectivity index (χ2n) is 7.80. The van der Waals surface area contributed by atoms with Gasteiger partial charge in [0.1, 0.15) is 23.0 Å². The van der Waals surface area contributed by atoms with Crippen molar-refractivity contribution < 1.29 is 9.18 Å². The quantitative estimate of drug-likeness (QED) is 0.446. The van der Waals surface area contributed by atoms with E-state index in [0.29, 0.717) is 18.8 Å². The van der Waals surface area contributed by atoms with Gasteiger partial charge in [0.2, 0.25) is 5.91 Å². The smallest absolute Gasteiger partial charge is 0.234 e. The van der Waals surface area contributed by atoms with Crippen molar-refractivity contribution in [3.63, 3.8) is 0 Å². The average Bonchev–Trinajstić information content (AvgIpc) is 2.81. The molecule has 8 heteroatoms. The molecule has 0 aliphatic carbocycles. The van der Waals surface area contributed by atoms with Crippen molar-refractivity contribution in [2.75, 3.05) is 47.0 Å². The van der Waals surface area contributed by atoms with E-state index in [9.17, 15) is 9.18 Å². The van der Waals surface area contributed by atoms with Crippen LogP contribution in [-0.4, -0.2) is 47.8 Å². The Morgan fingerprint density at radius 3 is 2.56 bits per heavy atom. The molecule has 1 aliphatic heterocycles. The lowest BCUT2D eigenvalue weighted by Crippen LogP contribution is -2.47. The van der Waals surface area contributed by atoms with Gasteiger partial charge in [0.05, 0.1) is 11.4 Å². The van der Waals surface area contributed by atoms with Crippen LogP contribution in [0.3, 0.4) is 0 Å². The molecule has 166 valence electrons. The van der Waals surface area contributed by atoms with Crippen LogP contribution >= 0.6 is 11.8 Å². The van der Waals surface area contributed by atoms with Gasteiger partial charge >= 0.3 is 0 Å². The molecule has 0 atom stereocenters. The normalized spacial score (nSPS) is 13.8. The first-order valence-corrected chi connectivity index (χ1v) is 11.5. The van der Waals surface area contributed by atoms with Crippen molar-refractivity contribution in [2.24, 2.45) is 0 Å². The first-order chi connectivity index (χ1) is 15.5. The van der Waals surface area contributed by atoms with Crippen LogP contribution in [0.4, 0.5) is 21.6 Å². The molecule has 1 N–H and O–H groups in total. The topological polar surface area (TPSA) is 61.4 Å². The fourth-order valence-electron chi connectivity index (χ4n) is 3.66. The number of thioether (sulfide) groups is 1. The highest BCUT2D eigenvalue weighted by Crippen LogP contribution is 2.24. The van der Waals surface area contributed by atoms with Crippen LogP contribution in [0, 0.1) is 19.7 Å². The van der Waals surface area contributed by atoms with Gasteiger partial charge in [-0.15, -0.1) is 0 Å². The van der Waals surface area contributed by atoms with Gasteiger partial charge in [0.25, 0.3) is 0 Å². The SMILES string of the molecule is Cc1ccc(C)c(NC(=O)CSc2cc(N3CCN(c4ccccc4F)CC3)ncn2)c1. The number of halogens is 1. The van der Waals surface area contributed by atoms with Crippen LogP contribution in [0.25, 0.3) is 0 Å². The van der Waals surface area contributed by atoms with Gasteiger partial charge in [-0.1, -0.05) is 36.0 Å². The molecule has 0 unspecified atom stereocenters. The van der Waals surface area contributed by atoms with Gasteiger partial charge in [-0.3, -0.25) is 4.79 Å². The molecule has 4 rings (SSSR count). The molecule has 1 amide bonds. The Hall–Kier alpha value is -3.13. The zero-order chi connectivity index (χ0) is 22.5. The highest BCUT2D eigenvalue weighted by Gasteiger charge is 2.20. The van der Waals surface area contributed by atoms with E-state index in [1.807, 2.05) is 50.2 Å². The first kappa shape index (κ1) is 22.1. The molecule has 0 saturated carbocycles. The predicted octanol–water partition coefficient (Wildman–Crippen LogP) is 4.29. The average molecular weight is 452 g/mol. The number of hydrogen-bond acceptors (Lipinski definition) is 6. The molecule has 0 spiro atoms. The molecule has 2 heterocycles. The summed E-state index contributed by atoms with van der Waals surface area (Å²) in [5, 5.41) is 3.73. The van der Waals surface area contributed by atoms with Crippen LogP contribution in [0.2, 0.25) is 0 Å². The summed E-state index contributed by atoms with van der Waals surface area (Å²) in [5.41, 5.74) is 3.62. The molecule has 2 aromatic carbocycles. The minimum absolute atomic E-state index is 0.0673. The second-order valence-corrected chi connectivity index (χ2v) is 8.79. The molecule has 1 aliphatic rings. The molecule has 1 fully saturated rings. The molecule has 6 nitrogen and oxygen atoms in total. The lowest BCUT2D eigenvalue weighted by atomic mass is 10.1. The van der Waals surface area contributed by atoms with Crippen molar-refractivity contribution in [3.05, 3.63) is 71.8 Å². The monoisotopic (exact) mass is 451 g/mol. The van der Waals surface area contributed by atoms with Gasteiger partial charge in [0, 0.05) is 37.9 Å². The van der Waals surface area contributed by atoms with E-state index in [1.54, 1.807) is 6.07 Å².